The molecule has 1 aromatic heterocycles. The largest absolute Gasteiger partial charge is 0.451 e. The Hall–Kier alpha value is -4.73. The number of carbonyl (C=O) groups excluding carboxylic acids is 1. The quantitative estimate of drug-likeness (QED) is 0.292. The Labute approximate surface area is 248 Å². The lowest BCUT2D eigenvalue weighted by Crippen LogP contribution is -2.31. The maximum atomic E-state index is 15.9. The Morgan fingerprint density at radius 1 is 1.07 bits per heavy atom. The van der Waals surface area contributed by atoms with Gasteiger partial charge in [0.15, 0.2) is 17.3 Å². The molecular weight excluding hydrogens is 545 g/mol. The van der Waals surface area contributed by atoms with Gasteiger partial charge in [-0.1, -0.05) is 48.5 Å². The summed E-state index contributed by atoms with van der Waals surface area (Å²) >= 11 is 0. The molecule has 7 rings (SSSR count). The number of fused-ring (bicyclic) bond motifs is 3. The summed E-state index contributed by atoms with van der Waals surface area (Å²) in [7, 11) is 3.99. The molecule has 1 fully saturated rings. The highest BCUT2D eigenvalue weighted by Crippen LogP contribution is 2.48. The van der Waals surface area contributed by atoms with Crippen LogP contribution in [0.4, 0.5) is 10.1 Å². The van der Waals surface area contributed by atoms with E-state index >= 15 is 4.39 Å². The van der Waals surface area contributed by atoms with Gasteiger partial charge in [-0.05, 0) is 60.6 Å². The lowest BCUT2D eigenvalue weighted by molar-refractivity contribution is 0.0949. The monoisotopic (exact) mass is 577 g/mol. The minimum atomic E-state index is -0.584. The Balaban J connectivity index is 1.36. The van der Waals surface area contributed by atoms with Crippen molar-refractivity contribution in [3.8, 4) is 17.2 Å². The minimum absolute atomic E-state index is 0.0701. The van der Waals surface area contributed by atoms with Crippen LogP contribution in [0.5, 0.6) is 11.5 Å². The van der Waals surface area contributed by atoms with Crippen LogP contribution in [0, 0.1) is 5.82 Å². The van der Waals surface area contributed by atoms with Gasteiger partial charge in [-0.2, -0.15) is 0 Å². The normalized spacial score (nSPS) is 15.7. The van der Waals surface area contributed by atoms with Crippen LogP contribution in [0.15, 0.2) is 77.7 Å². The molecule has 5 aromatic rings. The second-order valence-corrected chi connectivity index (χ2v) is 11.7. The number of halogens is 1. The Bertz CT molecular complexity index is 1990. The summed E-state index contributed by atoms with van der Waals surface area (Å²) in [6, 6.07) is 20.8. The Morgan fingerprint density at radius 3 is 2.58 bits per heavy atom. The fourth-order valence-corrected chi connectivity index (χ4v) is 6.22. The van der Waals surface area contributed by atoms with Gasteiger partial charge in [0.25, 0.3) is 5.91 Å². The molecule has 43 heavy (non-hydrogen) atoms. The first-order chi connectivity index (χ1) is 20.8. The summed E-state index contributed by atoms with van der Waals surface area (Å²) in [5.41, 5.74) is 8.96. The van der Waals surface area contributed by atoms with Crippen molar-refractivity contribution in [1.82, 2.24) is 14.8 Å². The smallest absolute Gasteiger partial charge is 0.257 e. The number of nitrogens with zero attached hydrogens (tertiary/aromatic N) is 3. The lowest BCUT2D eigenvalue weighted by Gasteiger charge is -2.29. The predicted molar refractivity (Wildman–Crippen MR) is 167 cm³/mol. The number of rotatable bonds is 6. The number of hydrogen-bond acceptors (Lipinski definition) is 6. The van der Waals surface area contributed by atoms with Crippen molar-refractivity contribution < 1.29 is 13.9 Å². The number of hydrogen-bond donors (Lipinski definition) is 2. The van der Waals surface area contributed by atoms with E-state index in [0.29, 0.717) is 30.0 Å². The van der Waals surface area contributed by atoms with E-state index in [1.54, 1.807) is 10.8 Å². The lowest BCUT2D eigenvalue weighted by atomic mass is 10.0. The van der Waals surface area contributed by atoms with Gasteiger partial charge in [0.1, 0.15) is 16.8 Å². The maximum absolute atomic E-state index is 15.9. The van der Waals surface area contributed by atoms with Crippen molar-refractivity contribution in [2.24, 2.45) is 5.73 Å². The van der Waals surface area contributed by atoms with Crippen LogP contribution in [-0.4, -0.2) is 48.6 Å². The van der Waals surface area contributed by atoms with Gasteiger partial charge < -0.3 is 30.2 Å². The number of benzene rings is 4. The van der Waals surface area contributed by atoms with Crippen LogP contribution < -0.4 is 26.1 Å². The fourth-order valence-electron chi connectivity index (χ4n) is 6.22. The second kappa shape index (κ2) is 10.5. The number of nitrogens with one attached hydrogen (secondary N) is 1. The third kappa shape index (κ3) is 4.80. The number of carbonyl (C=O) groups is 1. The summed E-state index contributed by atoms with van der Waals surface area (Å²) in [5.74, 6) is -0.344. The first kappa shape index (κ1) is 27.1. The number of pyridine rings is 1. The molecule has 0 saturated carbocycles. The van der Waals surface area contributed by atoms with Crippen LogP contribution in [0.1, 0.15) is 27.9 Å². The fraction of sp³-hybridized carbons (Fsp3) is 0.235. The molecular formula is C34H32FN5O3. The van der Waals surface area contributed by atoms with Gasteiger partial charge >= 0.3 is 0 Å². The molecule has 1 amide bonds. The van der Waals surface area contributed by atoms with Crippen molar-refractivity contribution >= 4 is 33.3 Å². The van der Waals surface area contributed by atoms with E-state index in [2.05, 4.69) is 10.2 Å². The molecule has 2 aliphatic heterocycles. The molecule has 218 valence electrons. The van der Waals surface area contributed by atoms with E-state index in [1.807, 2.05) is 79.7 Å². The van der Waals surface area contributed by atoms with Gasteiger partial charge in [0.2, 0.25) is 5.43 Å². The van der Waals surface area contributed by atoms with Gasteiger partial charge in [0, 0.05) is 38.4 Å². The van der Waals surface area contributed by atoms with Gasteiger partial charge in [-0.25, -0.2) is 4.39 Å². The molecule has 1 saturated heterocycles. The first-order valence-corrected chi connectivity index (χ1v) is 14.4. The van der Waals surface area contributed by atoms with Gasteiger partial charge in [-0.3, -0.25) is 9.59 Å². The number of nitrogens with two attached hydrogens (primary N) is 1. The first-order valence-electron chi connectivity index (χ1n) is 14.4. The van der Waals surface area contributed by atoms with Crippen LogP contribution >= 0.6 is 0 Å². The summed E-state index contributed by atoms with van der Waals surface area (Å²) in [6.07, 6.45) is 2.28. The van der Waals surface area contributed by atoms with E-state index in [9.17, 15) is 9.59 Å². The molecule has 8 nitrogen and oxygen atoms in total. The van der Waals surface area contributed by atoms with Crippen molar-refractivity contribution in [2.75, 3.05) is 32.1 Å². The van der Waals surface area contributed by atoms with Crippen LogP contribution in [-0.2, 0) is 13.1 Å². The summed E-state index contributed by atoms with van der Waals surface area (Å²) in [6.45, 7) is 2.07. The minimum Gasteiger partial charge on any atom is -0.451 e. The SMILES string of the molecule is CN(C)Cc1cccc(CNC(=O)c2cn3c4c(c(N5CCC(N)C5)c(F)cc4c2=O)Oc2cc4ccccc4cc2-3)c1. The highest BCUT2D eigenvalue weighted by atomic mass is 19.1. The maximum Gasteiger partial charge on any atom is 0.257 e. The van der Waals surface area contributed by atoms with Crippen molar-refractivity contribution in [3.05, 3.63) is 106 Å². The Morgan fingerprint density at radius 2 is 1.84 bits per heavy atom. The van der Waals surface area contributed by atoms with Crippen LogP contribution in [0.25, 0.3) is 27.4 Å². The number of amides is 1. The molecule has 0 bridgehead atoms. The van der Waals surface area contributed by atoms with Gasteiger partial charge in [-0.15, -0.1) is 0 Å². The topological polar surface area (TPSA) is 92.8 Å². The van der Waals surface area contributed by atoms with Crippen LogP contribution in [0.3, 0.4) is 0 Å². The molecule has 3 heterocycles. The second-order valence-electron chi connectivity index (χ2n) is 11.7. The van der Waals surface area contributed by atoms with Crippen molar-refractivity contribution in [2.45, 2.75) is 25.6 Å². The predicted octanol–water partition coefficient (Wildman–Crippen LogP) is 4.92. The summed E-state index contributed by atoms with van der Waals surface area (Å²) < 4.78 is 24.2. The third-order valence-corrected chi connectivity index (χ3v) is 8.20. The third-order valence-electron chi connectivity index (χ3n) is 8.20. The number of aromatic nitrogens is 1. The molecule has 4 aromatic carbocycles. The molecule has 9 heteroatoms. The van der Waals surface area contributed by atoms with E-state index in [1.165, 1.54) is 6.07 Å². The summed E-state index contributed by atoms with van der Waals surface area (Å²) in [5, 5.41) is 4.91. The average molecular weight is 578 g/mol. The van der Waals surface area contributed by atoms with Crippen molar-refractivity contribution in [3.63, 3.8) is 0 Å². The zero-order valence-electron chi connectivity index (χ0n) is 24.1. The summed E-state index contributed by atoms with van der Waals surface area (Å²) in [4.78, 5) is 31.3. The number of anilines is 1. The van der Waals surface area contributed by atoms with E-state index in [4.69, 9.17) is 10.5 Å². The van der Waals surface area contributed by atoms with E-state index < -0.39 is 17.2 Å². The van der Waals surface area contributed by atoms with E-state index in [-0.39, 0.29) is 35.0 Å². The molecule has 1 atom stereocenters. The van der Waals surface area contributed by atoms with Gasteiger partial charge in [0.05, 0.1) is 11.1 Å². The zero-order chi connectivity index (χ0) is 29.8. The van der Waals surface area contributed by atoms with Crippen molar-refractivity contribution in [1.29, 1.82) is 0 Å². The highest BCUT2D eigenvalue weighted by molar-refractivity contribution is 6.02. The zero-order valence-corrected chi connectivity index (χ0v) is 24.1. The molecule has 2 aliphatic rings. The Kier molecular flexibility index (Phi) is 6.64. The van der Waals surface area contributed by atoms with E-state index in [0.717, 1.165) is 34.9 Å². The molecule has 0 spiro atoms. The molecule has 3 N–H and O–H groups in total. The van der Waals surface area contributed by atoms with Crippen LogP contribution in [0.2, 0.25) is 0 Å². The molecule has 1 unspecified atom stereocenters. The average Bonchev–Trinajstić information content (AvgIpc) is 3.41. The standard InChI is InChI=1S/C34H32FN5O3/c1-38(2)17-21-7-5-6-20(12-21)16-37-34(42)26-19-40-28-13-22-8-3-4-9-23(22)14-29(28)43-33-30(40)25(32(26)41)15-27(35)31(33)39-11-10-24(36)18-39/h3-9,12-15,19,24H,10-11,16-18,36H2,1-2H3,(H,37,42). The highest BCUT2D eigenvalue weighted by Gasteiger charge is 2.33. The molecule has 0 aliphatic carbocycles. The molecule has 0 radical (unpaired) electrons. The number of ether oxygens (including phenoxy) is 1.